The van der Waals surface area contributed by atoms with Crippen molar-refractivity contribution in [3.05, 3.63) is 0 Å². The Balaban J connectivity index is 1.89. The second kappa shape index (κ2) is 7.71. The third kappa shape index (κ3) is 5.17. The highest BCUT2D eigenvalue weighted by atomic mass is 16.2. The summed E-state index contributed by atoms with van der Waals surface area (Å²) < 4.78 is 0. The topological polar surface area (TPSA) is 159 Å². The molecule has 5 amide bonds. The van der Waals surface area contributed by atoms with E-state index >= 15 is 0 Å². The van der Waals surface area contributed by atoms with Gasteiger partial charge in [-0.1, -0.05) is 0 Å². The van der Waals surface area contributed by atoms with Crippen molar-refractivity contribution in [2.45, 2.75) is 69.6 Å². The van der Waals surface area contributed by atoms with Gasteiger partial charge in [0.1, 0.15) is 5.54 Å². The molecule has 10 heteroatoms. The predicted molar refractivity (Wildman–Crippen MR) is 90.3 cm³/mol. The van der Waals surface area contributed by atoms with Crippen LogP contribution in [0.4, 0.5) is 0 Å². The SMILES string of the molecule is CC(C)(NC(=O)C[C@@H]1CCC(=O)N1)C(=O)N[C@H]1CC(=O)N[C@@H]1CC(N)=O. The van der Waals surface area contributed by atoms with Crippen molar-refractivity contribution in [2.24, 2.45) is 5.73 Å². The summed E-state index contributed by atoms with van der Waals surface area (Å²) in [5.41, 5.74) is 3.94. The molecule has 2 saturated heterocycles. The van der Waals surface area contributed by atoms with Crippen LogP contribution in [0.5, 0.6) is 0 Å². The van der Waals surface area contributed by atoms with E-state index in [9.17, 15) is 24.0 Å². The van der Waals surface area contributed by atoms with Crippen LogP contribution < -0.4 is 27.0 Å². The molecule has 0 radical (unpaired) electrons. The van der Waals surface area contributed by atoms with Crippen LogP contribution in [0.1, 0.15) is 46.0 Å². The van der Waals surface area contributed by atoms with Crippen molar-refractivity contribution >= 4 is 29.5 Å². The molecule has 144 valence electrons. The fraction of sp³-hybridized carbons (Fsp3) is 0.688. The summed E-state index contributed by atoms with van der Waals surface area (Å²) in [6.07, 6.45) is 1.04. The van der Waals surface area contributed by atoms with Gasteiger partial charge >= 0.3 is 0 Å². The molecular weight excluding hydrogens is 342 g/mol. The largest absolute Gasteiger partial charge is 0.370 e. The maximum atomic E-state index is 12.5. The zero-order chi connectivity index (χ0) is 19.5. The van der Waals surface area contributed by atoms with Crippen molar-refractivity contribution in [3.63, 3.8) is 0 Å². The quantitative estimate of drug-likeness (QED) is 0.345. The average Bonchev–Trinajstić information content (AvgIpc) is 3.03. The Morgan fingerprint density at radius 3 is 2.42 bits per heavy atom. The van der Waals surface area contributed by atoms with Gasteiger partial charge in [0.25, 0.3) is 0 Å². The molecule has 0 saturated carbocycles. The summed E-state index contributed by atoms with van der Waals surface area (Å²) in [5.74, 6) is -1.77. The molecule has 2 fully saturated rings. The van der Waals surface area contributed by atoms with Crippen molar-refractivity contribution in [1.29, 1.82) is 0 Å². The van der Waals surface area contributed by atoms with Crippen LogP contribution in [0.25, 0.3) is 0 Å². The highest BCUT2D eigenvalue weighted by Crippen LogP contribution is 2.15. The Kier molecular flexibility index (Phi) is 5.83. The number of carbonyl (C=O) groups excluding carboxylic acids is 5. The van der Waals surface area contributed by atoms with Gasteiger partial charge in [-0.05, 0) is 20.3 Å². The van der Waals surface area contributed by atoms with E-state index in [-0.39, 0.29) is 43.0 Å². The lowest BCUT2D eigenvalue weighted by Gasteiger charge is -2.29. The first-order chi connectivity index (χ1) is 12.1. The van der Waals surface area contributed by atoms with Crippen LogP contribution in [0.3, 0.4) is 0 Å². The minimum absolute atomic E-state index is 0.0435. The summed E-state index contributed by atoms with van der Waals surface area (Å²) in [7, 11) is 0. The van der Waals surface area contributed by atoms with E-state index in [1.807, 2.05) is 0 Å². The van der Waals surface area contributed by atoms with Crippen LogP contribution in [-0.2, 0) is 24.0 Å². The van der Waals surface area contributed by atoms with Gasteiger partial charge in [0.15, 0.2) is 0 Å². The minimum Gasteiger partial charge on any atom is -0.370 e. The molecule has 10 nitrogen and oxygen atoms in total. The predicted octanol–water partition coefficient (Wildman–Crippen LogP) is -2.20. The van der Waals surface area contributed by atoms with Gasteiger partial charge in [0.2, 0.25) is 29.5 Å². The summed E-state index contributed by atoms with van der Waals surface area (Å²) in [5, 5.41) is 10.6. The van der Waals surface area contributed by atoms with Gasteiger partial charge in [-0.3, -0.25) is 24.0 Å². The Labute approximate surface area is 151 Å². The summed E-state index contributed by atoms with van der Waals surface area (Å²) in [6, 6.07) is -1.37. The molecule has 2 heterocycles. The Bertz CT molecular complexity index is 633. The molecule has 0 aromatic rings. The van der Waals surface area contributed by atoms with E-state index in [1.54, 1.807) is 13.8 Å². The highest BCUT2D eigenvalue weighted by molar-refractivity contribution is 5.92. The van der Waals surface area contributed by atoms with Crippen molar-refractivity contribution in [3.8, 4) is 0 Å². The highest BCUT2D eigenvalue weighted by Gasteiger charge is 2.38. The zero-order valence-corrected chi connectivity index (χ0v) is 14.9. The average molecular weight is 367 g/mol. The first kappa shape index (κ1) is 19.7. The first-order valence-electron chi connectivity index (χ1n) is 8.56. The standard InChI is InChI=1S/C16H25N5O5/c1-16(2,21-14(25)5-8-3-4-12(23)18-8)15(26)20-10-7-13(24)19-9(10)6-11(17)22/h8-10H,3-7H2,1-2H3,(H2,17,22)(H,18,23)(H,19,24)(H,20,26)(H,21,25)/t8-,9+,10-/m0/s1. The number of nitrogens with one attached hydrogen (secondary N) is 4. The summed E-state index contributed by atoms with van der Waals surface area (Å²) >= 11 is 0. The van der Waals surface area contributed by atoms with Gasteiger partial charge in [-0.25, -0.2) is 0 Å². The smallest absolute Gasteiger partial charge is 0.245 e. The maximum absolute atomic E-state index is 12.5. The van der Waals surface area contributed by atoms with Gasteiger partial charge in [-0.2, -0.15) is 0 Å². The Hall–Kier alpha value is -2.65. The van der Waals surface area contributed by atoms with E-state index < -0.39 is 29.4 Å². The Morgan fingerprint density at radius 2 is 1.85 bits per heavy atom. The van der Waals surface area contributed by atoms with Crippen LogP contribution >= 0.6 is 0 Å². The van der Waals surface area contributed by atoms with E-state index in [4.69, 9.17) is 5.73 Å². The zero-order valence-electron chi connectivity index (χ0n) is 14.9. The fourth-order valence-corrected chi connectivity index (χ4v) is 3.13. The number of rotatable bonds is 7. The lowest BCUT2D eigenvalue weighted by Crippen LogP contribution is -2.58. The molecule has 26 heavy (non-hydrogen) atoms. The molecule has 2 aliphatic rings. The van der Waals surface area contributed by atoms with Crippen molar-refractivity contribution in [2.75, 3.05) is 0 Å². The van der Waals surface area contributed by atoms with Crippen LogP contribution in [-0.4, -0.2) is 53.2 Å². The van der Waals surface area contributed by atoms with Gasteiger partial charge < -0.3 is 27.0 Å². The second-order valence-electron chi connectivity index (χ2n) is 7.31. The number of primary amides is 1. The number of hydrogen-bond donors (Lipinski definition) is 5. The molecule has 0 bridgehead atoms. The molecule has 0 unspecified atom stereocenters. The van der Waals surface area contributed by atoms with Crippen molar-refractivity contribution in [1.82, 2.24) is 21.3 Å². The monoisotopic (exact) mass is 367 g/mol. The molecule has 0 aliphatic carbocycles. The van der Waals surface area contributed by atoms with Crippen LogP contribution in [0.2, 0.25) is 0 Å². The van der Waals surface area contributed by atoms with E-state index in [1.165, 1.54) is 0 Å². The van der Waals surface area contributed by atoms with E-state index in [0.717, 1.165) is 0 Å². The number of nitrogens with two attached hydrogens (primary N) is 1. The van der Waals surface area contributed by atoms with E-state index in [2.05, 4.69) is 21.3 Å². The first-order valence-corrected chi connectivity index (χ1v) is 8.56. The second-order valence-corrected chi connectivity index (χ2v) is 7.31. The fourth-order valence-electron chi connectivity index (χ4n) is 3.13. The van der Waals surface area contributed by atoms with Gasteiger partial charge in [0.05, 0.1) is 12.1 Å². The molecule has 3 atom stereocenters. The van der Waals surface area contributed by atoms with Crippen molar-refractivity contribution < 1.29 is 24.0 Å². The molecule has 0 aromatic carbocycles. The number of amides is 5. The normalized spacial score (nSPS) is 25.4. The molecule has 2 aliphatic heterocycles. The lowest BCUT2D eigenvalue weighted by molar-refractivity contribution is -0.133. The van der Waals surface area contributed by atoms with Crippen LogP contribution in [0, 0.1) is 0 Å². The third-order valence-corrected chi connectivity index (χ3v) is 4.51. The molecule has 6 N–H and O–H groups in total. The number of hydrogen-bond acceptors (Lipinski definition) is 5. The van der Waals surface area contributed by atoms with Gasteiger partial charge in [0, 0.05) is 31.7 Å². The summed E-state index contributed by atoms with van der Waals surface area (Å²) in [4.78, 5) is 58.5. The Morgan fingerprint density at radius 1 is 1.15 bits per heavy atom. The van der Waals surface area contributed by atoms with E-state index in [0.29, 0.717) is 12.8 Å². The number of carbonyl (C=O) groups is 5. The minimum atomic E-state index is -1.22. The third-order valence-electron chi connectivity index (χ3n) is 4.51. The molecular formula is C16H25N5O5. The molecule has 0 aromatic heterocycles. The molecule has 0 spiro atoms. The maximum Gasteiger partial charge on any atom is 0.245 e. The van der Waals surface area contributed by atoms with Gasteiger partial charge in [-0.15, -0.1) is 0 Å². The molecule has 2 rings (SSSR count). The summed E-state index contributed by atoms with van der Waals surface area (Å²) in [6.45, 7) is 3.08. The lowest BCUT2D eigenvalue weighted by atomic mass is 10.00. The van der Waals surface area contributed by atoms with Crippen LogP contribution in [0.15, 0.2) is 0 Å².